The van der Waals surface area contributed by atoms with Crippen LogP contribution in [0, 0.1) is 5.82 Å². The molecule has 3 N–H and O–H groups in total. The molecule has 0 aliphatic heterocycles. The number of benzene rings is 2. The van der Waals surface area contributed by atoms with Gasteiger partial charge in [0.15, 0.2) is 0 Å². The maximum atomic E-state index is 13.7. The number of nitrogens with zero attached hydrogens (tertiary/aromatic N) is 3. The zero-order chi connectivity index (χ0) is 16.4. The summed E-state index contributed by atoms with van der Waals surface area (Å²) in [5.41, 5.74) is 1.85. The Labute approximate surface area is 131 Å². The summed E-state index contributed by atoms with van der Waals surface area (Å²) in [6.07, 6.45) is 1.58. The van der Waals surface area contributed by atoms with E-state index in [1.807, 2.05) is 0 Å². The van der Waals surface area contributed by atoms with Gasteiger partial charge in [-0.15, -0.1) is 5.10 Å². The molecule has 9 heteroatoms. The van der Waals surface area contributed by atoms with E-state index in [1.165, 1.54) is 10.7 Å². The van der Waals surface area contributed by atoms with E-state index in [4.69, 9.17) is 5.14 Å². The monoisotopic (exact) mass is 333 g/mol. The van der Waals surface area contributed by atoms with Crippen molar-refractivity contribution in [3.05, 3.63) is 60.5 Å². The normalized spacial score (nSPS) is 11.4. The number of rotatable bonds is 4. The van der Waals surface area contributed by atoms with Crippen LogP contribution in [-0.2, 0) is 10.2 Å². The predicted octanol–water partition coefficient (Wildman–Crippen LogP) is 1.69. The number of anilines is 1. The molecule has 0 saturated heterocycles. The lowest BCUT2D eigenvalue weighted by molar-refractivity contribution is 0.603. The number of nitrogens with two attached hydrogens (primary N) is 1. The third kappa shape index (κ3) is 3.52. The van der Waals surface area contributed by atoms with E-state index in [2.05, 4.69) is 15.0 Å². The van der Waals surface area contributed by atoms with Crippen molar-refractivity contribution < 1.29 is 12.8 Å². The quantitative estimate of drug-likeness (QED) is 0.758. The molecule has 0 aliphatic rings. The summed E-state index contributed by atoms with van der Waals surface area (Å²) in [5.74, 6) is -0.406. The average Bonchev–Trinajstić information content (AvgIpc) is 2.96. The van der Waals surface area contributed by atoms with E-state index in [0.29, 0.717) is 22.6 Å². The Kier molecular flexibility index (Phi) is 3.80. The second-order valence-electron chi connectivity index (χ2n) is 4.72. The summed E-state index contributed by atoms with van der Waals surface area (Å²) in [5, 5.41) is 12.8. The molecule has 0 atom stereocenters. The van der Waals surface area contributed by atoms with E-state index < -0.39 is 16.0 Å². The maximum Gasteiger partial charge on any atom is 0.296 e. The number of hydrogen-bond acceptors (Lipinski definition) is 4. The van der Waals surface area contributed by atoms with Crippen molar-refractivity contribution >= 4 is 15.9 Å². The van der Waals surface area contributed by atoms with Crippen molar-refractivity contribution in [2.75, 3.05) is 4.72 Å². The van der Waals surface area contributed by atoms with Crippen LogP contribution in [0.5, 0.6) is 0 Å². The van der Waals surface area contributed by atoms with E-state index in [-0.39, 0.29) is 0 Å². The summed E-state index contributed by atoms with van der Waals surface area (Å²) in [4.78, 5) is 0. The molecule has 118 valence electrons. The molecule has 0 radical (unpaired) electrons. The topological polar surface area (TPSA) is 103 Å². The number of aromatic nitrogens is 3. The zero-order valence-electron chi connectivity index (χ0n) is 11.7. The summed E-state index contributed by atoms with van der Waals surface area (Å²) < 4.78 is 39.1. The highest BCUT2D eigenvalue weighted by molar-refractivity contribution is 7.90. The molecule has 1 heterocycles. The van der Waals surface area contributed by atoms with Gasteiger partial charge in [0.25, 0.3) is 10.2 Å². The minimum absolute atomic E-state index is 0.291. The molecular formula is C14H12FN5O2S. The Bertz CT molecular complexity index is 938. The van der Waals surface area contributed by atoms with Gasteiger partial charge >= 0.3 is 0 Å². The lowest BCUT2D eigenvalue weighted by Gasteiger charge is -2.03. The van der Waals surface area contributed by atoms with Crippen LogP contribution in [0.4, 0.5) is 10.1 Å². The smallest absolute Gasteiger partial charge is 0.271 e. The third-order valence-electron chi connectivity index (χ3n) is 3.03. The number of halogens is 1. The first-order valence-corrected chi connectivity index (χ1v) is 8.05. The molecule has 0 unspecified atom stereocenters. The number of nitrogens with one attached hydrogen (secondary N) is 1. The van der Waals surface area contributed by atoms with Crippen molar-refractivity contribution in [3.63, 3.8) is 0 Å². The highest BCUT2D eigenvalue weighted by Gasteiger charge is 2.09. The molecule has 3 aromatic rings. The molecule has 23 heavy (non-hydrogen) atoms. The van der Waals surface area contributed by atoms with Crippen LogP contribution in [0.2, 0.25) is 0 Å². The highest BCUT2D eigenvalue weighted by atomic mass is 32.2. The summed E-state index contributed by atoms with van der Waals surface area (Å²) in [7, 11) is -3.82. The fourth-order valence-corrected chi connectivity index (χ4v) is 2.49. The molecule has 0 saturated carbocycles. The van der Waals surface area contributed by atoms with Crippen molar-refractivity contribution in [1.29, 1.82) is 0 Å². The molecule has 0 aliphatic carbocycles. The summed E-state index contributed by atoms with van der Waals surface area (Å²) >= 11 is 0. The average molecular weight is 333 g/mol. The second-order valence-corrected chi connectivity index (χ2v) is 6.02. The van der Waals surface area contributed by atoms with Crippen LogP contribution in [0.3, 0.4) is 0 Å². The highest BCUT2D eigenvalue weighted by Crippen LogP contribution is 2.21. The van der Waals surface area contributed by atoms with Gasteiger partial charge in [0.1, 0.15) is 17.2 Å². The van der Waals surface area contributed by atoms with E-state index in [1.54, 1.807) is 48.7 Å². The van der Waals surface area contributed by atoms with E-state index in [9.17, 15) is 12.8 Å². The molecule has 0 spiro atoms. The molecule has 1 aromatic heterocycles. The maximum absolute atomic E-state index is 13.7. The Morgan fingerprint density at radius 3 is 2.43 bits per heavy atom. The number of hydrogen-bond donors (Lipinski definition) is 2. The van der Waals surface area contributed by atoms with Crippen molar-refractivity contribution in [2.24, 2.45) is 5.14 Å². The van der Waals surface area contributed by atoms with Crippen LogP contribution < -0.4 is 9.86 Å². The molecule has 7 nitrogen and oxygen atoms in total. The second kappa shape index (κ2) is 5.78. The third-order valence-corrected chi connectivity index (χ3v) is 3.55. The Hall–Kier alpha value is -2.78. The van der Waals surface area contributed by atoms with Crippen LogP contribution >= 0.6 is 0 Å². The van der Waals surface area contributed by atoms with Gasteiger partial charge in [0.2, 0.25) is 0 Å². The summed E-state index contributed by atoms with van der Waals surface area (Å²) in [6, 6.07) is 12.6. The SMILES string of the molecule is NS(=O)(=O)Nc1ccc(-c2cn(-c3ccccc3F)nn2)cc1. The van der Waals surface area contributed by atoms with Gasteiger partial charge in [-0.2, -0.15) is 8.42 Å². The molecular weight excluding hydrogens is 321 g/mol. The predicted molar refractivity (Wildman–Crippen MR) is 83.5 cm³/mol. The molecule has 0 bridgehead atoms. The number of para-hydroxylation sites is 1. The van der Waals surface area contributed by atoms with Crippen molar-refractivity contribution in [3.8, 4) is 16.9 Å². The van der Waals surface area contributed by atoms with Gasteiger partial charge in [-0.3, -0.25) is 4.72 Å². The van der Waals surface area contributed by atoms with Gasteiger partial charge in [0.05, 0.1) is 6.20 Å². The van der Waals surface area contributed by atoms with Crippen molar-refractivity contribution in [1.82, 2.24) is 15.0 Å². The molecule has 2 aromatic carbocycles. The van der Waals surface area contributed by atoms with Gasteiger partial charge in [-0.05, 0) is 24.3 Å². The Morgan fingerprint density at radius 2 is 1.78 bits per heavy atom. The molecule has 0 amide bonds. The molecule has 0 fully saturated rings. The van der Waals surface area contributed by atoms with Crippen molar-refractivity contribution in [2.45, 2.75) is 0 Å². The van der Waals surface area contributed by atoms with Crippen LogP contribution in [0.15, 0.2) is 54.7 Å². The van der Waals surface area contributed by atoms with E-state index in [0.717, 1.165) is 0 Å². The van der Waals surface area contributed by atoms with E-state index >= 15 is 0 Å². The van der Waals surface area contributed by atoms with Crippen LogP contribution in [0.25, 0.3) is 16.9 Å². The largest absolute Gasteiger partial charge is 0.296 e. The Morgan fingerprint density at radius 1 is 1.09 bits per heavy atom. The van der Waals surface area contributed by atoms with Crippen LogP contribution in [-0.4, -0.2) is 23.4 Å². The minimum Gasteiger partial charge on any atom is -0.271 e. The minimum atomic E-state index is -3.82. The fraction of sp³-hybridized carbons (Fsp3) is 0. The Balaban J connectivity index is 1.88. The van der Waals surface area contributed by atoms with Crippen LogP contribution in [0.1, 0.15) is 0 Å². The van der Waals surface area contributed by atoms with Gasteiger partial charge in [-0.25, -0.2) is 14.2 Å². The van der Waals surface area contributed by atoms with Gasteiger partial charge < -0.3 is 0 Å². The van der Waals surface area contributed by atoms with Gasteiger partial charge in [-0.1, -0.05) is 29.5 Å². The zero-order valence-corrected chi connectivity index (χ0v) is 12.5. The fourth-order valence-electron chi connectivity index (χ4n) is 2.02. The lowest BCUT2D eigenvalue weighted by Crippen LogP contribution is -2.21. The first kappa shape index (κ1) is 15.1. The molecule has 3 rings (SSSR count). The first-order chi connectivity index (χ1) is 10.9. The summed E-state index contributed by atoms with van der Waals surface area (Å²) in [6.45, 7) is 0. The standard InChI is InChI=1S/C14H12FN5O2S/c15-12-3-1-2-4-14(12)20-9-13(17-19-20)10-5-7-11(8-6-10)18-23(16,21)22/h1-9,18H,(H2,16,21,22). The first-order valence-electron chi connectivity index (χ1n) is 6.50. The lowest BCUT2D eigenvalue weighted by atomic mass is 10.1. The van der Waals surface area contributed by atoms with Gasteiger partial charge in [0, 0.05) is 11.3 Å².